The van der Waals surface area contributed by atoms with Crippen LogP contribution in [0.2, 0.25) is 0 Å². The summed E-state index contributed by atoms with van der Waals surface area (Å²) in [6.07, 6.45) is 0. The fraction of sp³-hybridized carbons (Fsp3) is 0.391. The first-order valence-electron chi connectivity index (χ1n) is 10.9. The molecular formula is C23H29FN4O4S. The number of benzene rings is 2. The summed E-state index contributed by atoms with van der Waals surface area (Å²) in [4.78, 5) is 28.7. The van der Waals surface area contributed by atoms with E-state index in [9.17, 15) is 22.4 Å². The molecule has 1 saturated heterocycles. The van der Waals surface area contributed by atoms with E-state index in [4.69, 9.17) is 0 Å². The molecule has 1 N–H and O–H groups in total. The quantitative estimate of drug-likeness (QED) is 0.631. The van der Waals surface area contributed by atoms with Gasteiger partial charge in [-0.25, -0.2) is 12.8 Å². The second-order valence-electron chi connectivity index (χ2n) is 7.62. The summed E-state index contributed by atoms with van der Waals surface area (Å²) in [7, 11) is -3.82. The van der Waals surface area contributed by atoms with Crippen LogP contribution in [0.3, 0.4) is 0 Å². The van der Waals surface area contributed by atoms with Gasteiger partial charge in [-0.3, -0.25) is 9.59 Å². The second kappa shape index (κ2) is 10.8. The Morgan fingerprint density at radius 2 is 1.67 bits per heavy atom. The third-order valence-corrected chi connectivity index (χ3v) is 7.56. The molecule has 0 aromatic heterocycles. The van der Waals surface area contributed by atoms with Crippen LogP contribution in [0.25, 0.3) is 0 Å². The van der Waals surface area contributed by atoms with Crippen molar-refractivity contribution < 1.29 is 22.4 Å². The summed E-state index contributed by atoms with van der Waals surface area (Å²) in [6.45, 7) is 5.70. The zero-order chi connectivity index (χ0) is 24.0. The van der Waals surface area contributed by atoms with Crippen molar-refractivity contribution in [2.24, 2.45) is 0 Å². The van der Waals surface area contributed by atoms with Gasteiger partial charge in [-0.1, -0.05) is 18.2 Å². The standard InChI is InChI=1S/C23H29FN4O4S/c1-3-26(4-2)23(30)20-10-5-6-11-21(20)25-17-22(29)27-12-14-28(15-13-27)33(31,32)19-9-7-8-18(24)16-19/h5-11,16,25H,3-4,12-15,17H2,1-2H3. The van der Waals surface area contributed by atoms with Crippen molar-refractivity contribution >= 4 is 27.5 Å². The molecule has 0 atom stereocenters. The monoisotopic (exact) mass is 476 g/mol. The molecule has 33 heavy (non-hydrogen) atoms. The van der Waals surface area contributed by atoms with E-state index < -0.39 is 15.8 Å². The normalized spacial score (nSPS) is 14.7. The number of hydrogen-bond donors (Lipinski definition) is 1. The molecule has 0 spiro atoms. The van der Waals surface area contributed by atoms with Crippen LogP contribution < -0.4 is 5.32 Å². The van der Waals surface area contributed by atoms with Gasteiger partial charge in [0.05, 0.1) is 17.0 Å². The minimum absolute atomic E-state index is 0.0147. The molecule has 1 fully saturated rings. The lowest BCUT2D eigenvalue weighted by Crippen LogP contribution is -2.51. The lowest BCUT2D eigenvalue weighted by molar-refractivity contribution is -0.130. The molecule has 2 amide bonds. The van der Waals surface area contributed by atoms with E-state index in [1.165, 1.54) is 22.5 Å². The molecule has 1 aliphatic rings. The third kappa shape index (κ3) is 5.69. The zero-order valence-corrected chi connectivity index (χ0v) is 19.6. The van der Waals surface area contributed by atoms with Crippen LogP contribution in [-0.4, -0.2) is 80.2 Å². The molecule has 8 nitrogen and oxygen atoms in total. The van der Waals surface area contributed by atoms with Crippen molar-refractivity contribution in [2.45, 2.75) is 18.7 Å². The highest BCUT2D eigenvalue weighted by molar-refractivity contribution is 7.89. The number of hydrogen-bond acceptors (Lipinski definition) is 5. The minimum Gasteiger partial charge on any atom is -0.376 e. The Morgan fingerprint density at radius 3 is 2.30 bits per heavy atom. The molecule has 1 aliphatic heterocycles. The average Bonchev–Trinajstić information content (AvgIpc) is 2.83. The van der Waals surface area contributed by atoms with Gasteiger partial charge in [0, 0.05) is 45.0 Å². The van der Waals surface area contributed by atoms with Gasteiger partial charge in [-0.05, 0) is 44.2 Å². The zero-order valence-electron chi connectivity index (χ0n) is 18.8. The van der Waals surface area contributed by atoms with Gasteiger partial charge in [-0.15, -0.1) is 0 Å². The smallest absolute Gasteiger partial charge is 0.255 e. The second-order valence-corrected chi connectivity index (χ2v) is 9.56. The van der Waals surface area contributed by atoms with Gasteiger partial charge in [0.15, 0.2) is 0 Å². The largest absolute Gasteiger partial charge is 0.376 e. The SMILES string of the molecule is CCN(CC)C(=O)c1ccccc1NCC(=O)N1CCN(S(=O)(=O)c2cccc(F)c2)CC1. The Morgan fingerprint density at radius 1 is 1.00 bits per heavy atom. The average molecular weight is 477 g/mol. The fourth-order valence-corrected chi connectivity index (χ4v) is 5.20. The highest BCUT2D eigenvalue weighted by Gasteiger charge is 2.30. The van der Waals surface area contributed by atoms with Gasteiger partial charge >= 0.3 is 0 Å². The Labute approximate surface area is 194 Å². The lowest BCUT2D eigenvalue weighted by Gasteiger charge is -2.34. The van der Waals surface area contributed by atoms with Crippen LogP contribution in [0.4, 0.5) is 10.1 Å². The predicted molar refractivity (Wildman–Crippen MR) is 124 cm³/mol. The maximum Gasteiger partial charge on any atom is 0.255 e. The molecule has 1 heterocycles. The molecule has 2 aromatic carbocycles. The number of carbonyl (C=O) groups is 2. The first-order valence-corrected chi connectivity index (χ1v) is 12.4. The van der Waals surface area contributed by atoms with Crippen molar-refractivity contribution in [3.05, 3.63) is 59.9 Å². The Bertz CT molecular complexity index is 1100. The Kier molecular flexibility index (Phi) is 8.04. The van der Waals surface area contributed by atoms with Gasteiger partial charge in [0.1, 0.15) is 5.82 Å². The van der Waals surface area contributed by atoms with Crippen LogP contribution in [-0.2, 0) is 14.8 Å². The van der Waals surface area contributed by atoms with Crippen molar-refractivity contribution in [2.75, 3.05) is 51.1 Å². The van der Waals surface area contributed by atoms with E-state index in [0.29, 0.717) is 24.3 Å². The van der Waals surface area contributed by atoms with Gasteiger partial charge in [0.2, 0.25) is 15.9 Å². The van der Waals surface area contributed by atoms with Crippen molar-refractivity contribution in [1.82, 2.24) is 14.1 Å². The topological polar surface area (TPSA) is 90.0 Å². The maximum absolute atomic E-state index is 13.5. The number of carbonyl (C=O) groups excluding carboxylic acids is 2. The van der Waals surface area contributed by atoms with Crippen molar-refractivity contribution in [3.63, 3.8) is 0 Å². The first-order chi connectivity index (χ1) is 15.8. The van der Waals surface area contributed by atoms with E-state index in [-0.39, 0.29) is 49.4 Å². The number of anilines is 1. The molecule has 0 bridgehead atoms. The number of sulfonamides is 1. The van der Waals surface area contributed by atoms with E-state index >= 15 is 0 Å². The van der Waals surface area contributed by atoms with Crippen molar-refractivity contribution in [1.29, 1.82) is 0 Å². The number of halogens is 1. The number of nitrogens with one attached hydrogen (secondary N) is 1. The molecule has 0 radical (unpaired) electrons. The van der Waals surface area contributed by atoms with Crippen LogP contribution in [0, 0.1) is 5.82 Å². The number of amides is 2. The lowest BCUT2D eigenvalue weighted by atomic mass is 10.1. The molecule has 0 unspecified atom stereocenters. The van der Waals surface area contributed by atoms with Gasteiger partial charge in [0.25, 0.3) is 5.91 Å². The molecular weight excluding hydrogens is 447 g/mol. The van der Waals surface area contributed by atoms with Crippen LogP contribution in [0.1, 0.15) is 24.2 Å². The highest BCUT2D eigenvalue weighted by atomic mass is 32.2. The highest BCUT2D eigenvalue weighted by Crippen LogP contribution is 2.20. The summed E-state index contributed by atoms with van der Waals surface area (Å²) in [5.41, 5.74) is 1.08. The Hall–Kier alpha value is -2.98. The number of nitrogens with zero attached hydrogens (tertiary/aromatic N) is 3. The summed E-state index contributed by atoms with van der Waals surface area (Å²) >= 11 is 0. The molecule has 2 aromatic rings. The molecule has 10 heteroatoms. The van der Waals surface area contributed by atoms with Gasteiger partial charge < -0.3 is 15.1 Å². The maximum atomic E-state index is 13.5. The van der Waals surface area contributed by atoms with E-state index in [1.54, 1.807) is 34.1 Å². The Balaban J connectivity index is 1.59. The molecule has 178 valence electrons. The predicted octanol–water partition coefficient (Wildman–Crippen LogP) is 2.25. The van der Waals surface area contributed by atoms with E-state index in [1.807, 2.05) is 13.8 Å². The van der Waals surface area contributed by atoms with Crippen LogP contribution >= 0.6 is 0 Å². The molecule has 3 rings (SSSR count). The van der Waals surface area contributed by atoms with Crippen LogP contribution in [0.15, 0.2) is 53.4 Å². The number of rotatable bonds is 8. The van der Waals surface area contributed by atoms with E-state index in [0.717, 1.165) is 6.07 Å². The minimum atomic E-state index is -3.82. The number of para-hydroxylation sites is 1. The van der Waals surface area contributed by atoms with Gasteiger partial charge in [-0.2, -0.15) is 4.31 Å². The molecule has 0 saturated carbocycles. The third-order valence-electron chi connectivity index (χ3n) is 5.66. The first kappa shape index (κ1) is 24.7. The van der Waals surface area contributed by atoms with Crippen LogP contribution in [0.5, 0.6) is 0 Å². The fourth-order valence-electron chi connectivity index (χ4n) is 3.74. The van der Waals surface area contributed by atoms with E-state index in [2.05, 4.69) is 5.32 Å². The summed E-state index contributed by atoms with van der Waals surface area (Å²) in [5.74, 6) is -0.912. The summed E-state index contributed by atoms with van der Waals surface area (Å²) < 4.78 is 40.2. The molecule has 0 aliphatic carbocycles. The van der Waals surface area contributed by atoms with Crippen molar-refractivity contribution in [3.8, 4) is 0 Å². The summed E-state index contributed by atoms with van der Waals surface area (Å²) in [5, 5.41) is 3.06. The summed E-state index contributed by atoms with van der Waals surface area (Å²) in [6, 6.07) is 12.0. The number of piperazine rings is 1.